The van der Waals surface area contributed by atoms with Gasteiger partial charge >= 0.3 is 0 Å². The van der Waals surface area contributed by atoms with E-state index >= 15 is 0 Å². The lowest BCUT2D eigenvalue weighted by Gasteiger charge is -2.05. The molecular formula is C13H13N3O4. The molecule has 0 unspecified atom stereocenters. The normalized spacial score (nSPS) is 10.2. The molecule has 3 N–H and O–H groups in total. The van der Waals surface area contributed by atoms with Crippen LogP contribution in [0.2, 0.25) is 0 Å². The smallest absolute Gasteiger partial charge is 0.282 e. The zero-order chi connectivity index (χ0) is 14.7. The van der Waals surface area contributed by atoms with Crippen LogP contribution < -0.4 is 11.1 Å². The molecule has 1 heterocycles. The number of nitro groups is 1. The highest BCUT2D eigenvalue weighted by molar-refractivity contribution is 5.98. The summed E-state index contributed by atoms with van der Waals surface area (Å²) in [6.07, 6.45) is 0. The number of nitro benzene ring substituents is 1. The zero-order valence-corrected chi connectivity index (χ0v) is 10.8. The molecule has 0 aliphatic heterocycles. The number of rotatable bonds is 4. The summed E-state index contributed by atoms with van der Waals surface area (Å²) in [5.41, 5.74) is 5.49. The third-order valence-electron chi connectivity index (χ3n) is 2.68. The number of aryl methyl sites for hydroxylation is 1. The largest absolute Gasteiger partial charge is 0.465 e. The number of hydrogen-bond acceptors (Lipinski definition) is 5. The number of nitrogens with two attached hydrogens (primary N) is 1. The Balaban J connectivity index is 2.16. The number of nitrogens with one attached hydrogen (secondary N) is 1. The number of carbonyl (C=O) groups is 1. The van der Waals surface area contributed by atoms with E-state index in [0.717, 1.165) is 5.76 Å². The van der Waals surface area contributed by atoms with Crippen LogP contribution in [-0.2, 0) is 6.54 Å². The van der Waals surface area contributed by atoms with E-state index in [4.69, 9.17) is 10.2 Å². The van der Waals surface area contributed by atoms with Crippen LogP contribution in [0.25, 0.3) is 0 Å². The van der Waals surface area contributed by atoms with Crippen molar-refractivity contribution in [2.45, 2.75) is 13.5 Å². The van der Waals surface area contributed by atoms with Gasteiger partial charge in [0.05, 0.1) is 11.5 Å². The van der Waals surface area contributed by atoms with Crippen LogP contribution in [0.15, 0.2) is 34.7 Å². The minimum Gasteiger partial charge on any atom is -0.465 e. The third kappa shape index (κ3) is 2.94. The summed E-state index contributed by atoms with van der Waals surface area (Å²) in [5, 5.41) is 13.4. The second-order valence-corrected chi connectivity index (χ2v) is 4.23. The van der Waals surface area contributed by atoms with Crippen LogP contribution >= 0.6 is 0 Å². The maximum Gasteiger partial charge on any atom is 0.282 e. The fraction of sp³-hybridized carbons (Fsp3) is 0.154. The van der Waals surface area contributed by atoms with Crippen molar-refractivity contribution in [1.82, 2.24) is 5.32 Å². The van der Waals surface area contributed by atoms with E-state index in [2.05, 4.69) is 5.32 Å². The van der Waals surface area contributed by atoms with Gasteiger partial charge < -0.3 is 15.5 Å². The van der Waals surface area contributed by atoms with Gasteiger partial charge in [-0.2, -0.15) is 0 Å². The van der Waals surface area contributed by atoms with Crippen LogP contribution in [0.4, 0.5) is 11.4 Å². The fourth-order valence-corrected chi connectivity index (χ4v) is 1.74. The first-order valence-electron chi connectivity index (χ1n) is 5.85. The van der Waals surface area contributed by atoms with Gasteiger partial charge in [0, 0.05) is 11.8 Å². The third-order valence-corrected chi connectivity index (χ3v) is 2.68. The van der Waals surface area contributed by atoms with Crippen LogP contribution in [0.3, 0.4) is 0 Å². The molecule has 104 valence electrons. The molecule has 7 heteroatoms. The van der Waals surface area contributed by atoms with Crippen molar-refractivity contribution in [1.29, 1.82) is 0 Å². The summed E-state index contributed by atoms with van der Waals surface area (Å²) in [6, 6.07) is 7.36. The topological polar surface area (TPSA) is 111 Å². The summed E-state index contributed by atoms with van der Waals surface area (Å²) < 4.78 is 5.30. The first kappa shape index (κ1) is 13.6. The highest BCUT2D eigenvalue weighted by Gasteiger charge is 2.20. The van der Waals surface area contributed by atoms with Gasteiger partial charge in [0.15, 0.2) is 0 Å². The fourth-order valence-electron chi connectivity index (χ4n) is 1.74. The Morgan fingerprint density at radius 1 is 1.40 bits per heavy atom. The van der Waals surface area contributed by atoms with Crippen molar-refractivity contribution >= 4 is 17.3 Å². The number of carbonyl (C=O) groups excluding carboxylic acids is 1. The number of furan rings is 1. The summed E-state index contributed by atoms with van der Waals surface area (Å²) in [6.45, 7) is 1.94. The Kier molecular flexibility index (Phi) is 3.69. The molecule has 0 spiro atoms. The van der Waals surface area contributed by atoms with Crippen molar-refractivity contribution in [3.05, 3.63) is 57.5 Å². The van der Waals surface area contributed by atoms with Gasteiger partial charge in [-0.15, -0.1) is 0 Å². The molecule has 0 saturated carbocycles. The molecule has 0 fully saturated rings. The second-order valence-electron chi connectivity index (χ2n) is 4.23. The molecule has 0 aliphatic rings. The Morgan fingerprint density at radius 2 is 2.15 bits per heavy atom. The lowest BCUT2D eigenvalue weighted by atomic mass is 10.1. The van der Waals surface area contributed by atoms with Crippen molar-refractivity contribution in [3.63, 3.8) is 0 Å². The predicted molar refractivity (Wildman–Crippen MR) is 72.1 cm³/mol. The van der Waals surface area contributed by atoms with Crippen molar-refractivity contribution in [2.24, 2.45) is 0 Å². The Hall–Kier alpha value is -2.83. The molecule has 7 nitrogen and oxygen atoms in total. The lowest BCUT2D eigenvalue weighted by molar-refractivity contribution is -0.385. The number of anilines is 1. The number of benzene rings is 1. The Morgan fingerprint density at radius 3 is 2.75 bits per heavy atom. The van der Waals surface area contributed by atoms with E-state index in [1.165, 1.54) is 18.2 Å². The number of nitrogens with zero attached hydrogens (tertiary/aromatic N) is 1. The van der Waals surface area contributed by atoms with Crippen molar-refractivity contribution < 1.29 is 14.1 Å². The van der Waals surface area contributed by atoms with Gasteiger partial charge in [-0.25, -0.2) is 0 Å². The molecule has 1 amide bonds. The van der Waals surface area contributed by atoms with Gasteiger partial charge in [0.1, 0.15) is 17.1 Å². The Bertz CT molecular complexity index is 663. The lowest BCUT2D eigenvalue weighted by Crippen LogP contribution is -2.23. The van der Waals surface area contributed by atoms with Crippen LogP contribution in [0, 0.1) is 17.0 Å². The number of hydrogen-bond donors (Lipinski definition) is 2. The molecule has 2 rings (SSSR count). The summed E-state index contributed by atoms with van der Waals surface area (Å²) in [5.74, 6) is 0.727. The van der Waals surface area contributed by atoms with Gasteiger partial charge in [-0.1, -0.05) is 0 Å². The molecule has 0 radical (unpaired) electrons. The summed E-state index contributed by atoms with van der Waals surface area (Å²) >= 11 is 0. The van der Waals surface area contributed by atoms with E-state index < -0.39 is 10.8 Å². The van der Waals surface area contributed by atoms with E-state index in [1.807, 2.05) is 0 Å². The molecule has 1 aromatic heterocycles. The monoisotopic (exact) mass is 275 g/mol. The molecule has 0 atom stereocenters. The van der Waals surface area contributed by atoms with E-state index in [0.29, 0.717) is 5.76 Å². The van der Waals surface area contributed by atoms with Crippen molar-refractivity contribution in [2.75, 3.05) is 5.73 Å². The average Bonchev–Trinajstić information content (AvgIpc) is 2.81. The highest BCUT2D eigenvalue weighted by atomic mass is 16.6. The van der Waals surface area contributed by atoms with Crippen LogP contribution in [0.5, 0.6) is 0 Å². The SMILES string of the molecule is Cc1ccc(CNC(=O)c2cc(N)ccc2[N+](=O)[O-])o1. The maximum atomic E-state index is 12.0. The zero-order valence-electron chi connectivity index (χ0n) is 10.8. The predicted octanol–water partition coefficient (Wildman–Crippen LogP) is 2.01. The average molecular weight is 275 g/mol. The highest BCUT2D eigenvalue weighted by Crippen LogP contribution is 2.21. The maximum absolute atomic E-state index is 12.0. The quantitative estimate of drug-likeness (QED) is 0.503. The van der Waals surface area contributed by atoms with E-state index in [-0.39, 0.29) is 23.5 Å². The van der Waals surface area contributed by atoms with E-state index in [9.17, 15) is 14.9 Å². The molecule has 0 bridgehead atoms. The Labute approximate surface area is 114 Å². The molecular weight excluding hydrogens is 262 g/mol. The van der Waals surface area contributed by atoms with Gasteiger partial charge in [0.2, 0.25) is 0 Å². The standard InChI is InChI=1S/C13H13N3O4/c1-8-2-4-10(20-8)7-15-13(17)11-6-9(14)3-5-12(11)16(18)19/h2-6H,7,14H2,1H3,(H,15,17). The van der Waals surface area contributed by atoms with Gasteiger partial charge in [0.25, 0.3) is 11.6 Å². The van der Waals surface area contributed by atoms with Crippen LogP contribution in [0.1, 0.15) is 21.9 Å². The minimum atomic E-state index is -0.620. The van der Waals surface area contributed by atoms with Crippen LogP contribution in [-0.4, -0.2) is 10.8 Å². The second kappa shape index (κ2) is 5.43. The minimum absolute atomic E-state index is 0.0710. The summed E-state index contributed by atoms with van der Waals surface area (Å²) in [4.78, 5) is 22.3. The summed E-state index contributed by atoms with van der Waals surface area (Å²) in [7, 11) is 0. The van der Waals surface area contributed by atoms with Gasteiger partial charge in [-0.3, -0.25) is 14.9 Å². The first-order chi connectivity index (χ1) is 9.47. The molecule has 0 saturated heterocycles. The molecule has 0 aliphatic carbocycles. The van der Waals surface area contributed by atoms with Gasteiger partial charge in [-0.05, 0) is 31.2 Å². The van der Waals surface area contributed by atoms with E-state index in [1.54, 1.807) is 19.1 Å². The molecule has 2 aromatic rings. The molecule has 20 heavy (non-hydrogen) atoms. The van der Waals surface area contributed by atoms with Crippen molar-refractivity contribution in [3.8, 4) is 0 Å². The first-order valence-corrected chi connectivity index (χ1v) is 5.85. The number of nitrogen functional groups attached to an aromatic ring is 1. The molecule has 1 aromatic carbocycles. The number of amides is 1.